The van der Waals surface area contributed by atoms with Crippen molar-refractivity contribution in [3.05, 3.63) is 28.7 Å². The number of imidazole rings is 1. The van der Waals surface area contributed by atoms with Gasteiger partial charge in [0.15, 0.2) is 0 Å². The van der Waals surface area contributed by atoms with Gasteiger partial charge in [0.1, 0.15) is 17.3 Å². The summed E-state index contributed by atoms with van der Waals surface area (Å²) in [5.41, 5.74) is 0.954. The molecule has 7 heteroatoms. The summed E-state index contributed by atoms with van der Waals surface area (Å²) in [4.78, 5) is 35.8. The highest BCUT2D eigenvalue weighted by Crippen LogP contribution is 2.28. The summed E-state index contributed by atoms with van der Waals surface area (Å²) in [5.74, 6) is -0.177. The topological polar surface area (TPSA) is 82.3 Å². The van der Waals surface area contributed by atoms with E-state index in [1.807, 2.05) is 13.8 Å². The van der Waals surface area contributed by atoms with Crippen molar-refractivity contribution in [2.24, 2.45) is 7.05 Å². The SMILES string of the molecule is CC.COc1cccc2c1n(C)c(=O)n2C1CCC(=O)NC1=O. The van der Waals surface area contributed by atoms with Crippen molar-refractivity contribution in [3.8, 4) is 5.75 Å². The number of nitrogens with one attached hydrogen (secondary N) is 1. The second-order valence-corrected chi connectivity index (χ2v) is 5.01. The fraction of sp³-hybridized carbons (Fsp3) is 0.438. The molecule has 7 nitrogen and oxygen atoms in total. The number of carbonyl (C=O) groups is 2. The Kier molecular flexibility index (Phi) is 4.88. The molecule has 1 atom stereocenters. The summed E-state index contributed by atoms with van der Waals surface area (Å²) in [6.45, 7) is 4.00. The van der Waals surface area contributed by atoms with Crippen LogP contribution >= 0.6 is 0 Å². The zero-order valence-corrected chi connectivity index (χ0v) is 13.8. The highest BCUT2D eigenvalue weighted by Gasteiger charge is 2.31. The summed E-state index contributed by atoms with van der Waals surface area (Å²) in [7, 11) is 3.16. The summed E-state index contributed by atoms with van der Waals surface area (Å²) in [6.07, 6.45) is 0.546. The first kappa shape index (κ1) is 16.8. The summed E-state index contributed by atoms with van der Waals surface area (Å²) < 4.78 is 8.17. The molecule has 2 amide bonds. The molecule has 1 unspecified atom stereocenters. The number of hydrogen-bond donors (Lipinski definition) is 1. The molecule has 0 bridgehead atoms. The van der Waals surface area contributed by atoms with Crippen molar-refractivity contribution in [1.82, 2.24) is 14.5 Å². The van der Waals surface area contributed by atoms with E-state index in [4.69, 9.17) is 4.74 Å². The lowest BCUT2D eigenvalue weighted by atomic mass is 10.1. The highest BCUT2D eigenvalue weighted by atomic mass is 16.5. The maximum atomic E-state index is 12.5. The van der Waals surface area contributed by atoms with Gasteiger partial charge >= 0.3 is 5.69 Å². The average Bonchev–Trinajstić information content (AvgIpc) is 2.81. The number of methoxy groups -OCH3 is 1. The van der Waals surface area contributed by atoms with Crippen molar-refractivity contribution >= 4 is 22.8 Å². The Hall–Kier alpha value is -2.57. The maximum absolute atomic E-state index is 12.5. The highest BCUT2D eigenvalue weighted by molar-refractivity contribution is 6.00. The van der Waals surface area contributed by atoms with E-state index in [0.29, 0.717) is 23.2 Å². The van der Waals surface area contributed by atoms with Crippen LogP contribution in [0.5, 0.6) is 5.75 Å². The van der Waals surface area contributed by atoms with E-state index in [9.17, 15) is 14.4 Å². The molecule has 0 spiro atoms. The number of fused-ring (bicyclic) bond motifs is 1. The normalized spacial score (nSPS) is 17.5. The Balaban J connectivity index is 0.000000924. The predicted octanol–water partition coefficient (Wildman–Crippen LogP) is 1.35. The molecule has 1 aromatic carbocycles. The number of para-hydroxylation sites is 1. The molecule has 0 aliphatic carbocycles. The van der Waals surface area contributed by atoms with E-state index in [2.05, 4.69) is 5.32 Å². The van der Waals surface area contributed by atoms with Crippen LogP contribution in [0.15, 0.2) is 23.0 Å². The lowest BCUT2D eigenvalue weighted by molar-refractivity contribution is -0.135. The molecule has 23 heavy (non-hydrogen) atoms. The Morgan fingerprint density at radius 3 is 2.52 bits per heavy atom. The molecular weight excluding hydrogens is 298 g/mol. The summed E-state index contributed by atoms with van der Waals surface area (Å²) in [5, 5.41) is 2.28. The second-order valence-electron chi connectivity index (χ2n) is 5.01. The van der Waals surface area contributed by atoms with Gasteiger partial charge in [-0.3, -0.25) is 24.0 Å². The quantitative estimate of drug-likeness (QED) is 0.847. The Labute approximate surface area is 133 Å². The van der Waals surface area contributed by atoms with Crippen LogP contribution in [0, 0.1) is 0 Å². The van der Waals surface area contributed by atoms with E-state index >= 15 is 0 Å². The van der Waals surface area contributed by atoms with Gasteiger partial charge in [-0.2, -0.15) is 0 Å². The lowest BCUT2D eigenvalue weighted by Crippen LogP contribution is -2.44. The number of piperidine rings is 1. The molecule has 1 aliphatic heterocycles. The molecule has 2 aromatic rings. The van der Waals surface area contributed by atoms with E-state index in [1.165, 1.54) is 16.2 Å². The number of carbonyl (C=O) groups excluding carboxylic acids is 2. The van der Waals surface area contributed by atoms with E-state index in [-0.39, 0.29) is 18.0 Å². The Morgan fingerprint density at radius 1 is 1.22 bits per heavy atom. The van der Waals surface area contributed by atoms with Crippen LogP contribution in [0.2, 0.25) is 0 Å². The Bertz CT molecular complexity index is 803. The average molecular weight is 319 g/mol. The van der Waals surface area contributed by atoms with E-state index in [1.54, 1.807) is 25.2 Å². The van der Waals surface area contributed by atoms with Gasteiger partial charge in [-0.15, -0.1) is 0 Å². The molecule has 3 rings (SSSR count). The van der Waals surface area contributed by atoms with Crippen LogP contribution in [0.1, 0.15) is 32.7 Å². The van der Waals surface area contributed by atoms with Gasteiger partial charge in [0.25, 0.3) is 0 Å². The zero-order valence-electron chi connectivity index (χ0n) is 13.8. The van der Waals surface area contributed by atoms with Crippen LogP contribution in [-0.4, -0.2) is 28.1 Å². The summed E-state index contributed by atoms with van der Waals surface area (Å²) >= 11 is 0. The smallest absolute Gasteiger partial charge is 0.329 e. The number of aryl methyl sites for hydroxylation is 1. The first-order valence-electron chi connectivity index (χ1n) is 7.62. The minimum Gasteiger partial charge on any atom is -0.494 e. The predicted molar refractivity (Wildman–Crippen MR) is 86.5 cm³/mol. The first-order valence-corrected chi connectivity index (χ1v) is 7.62. The van der Waals surface area contributed by atoms with E-state index < -0.39 is 11.9 Å². The standard InChI is InChI=1S/C14H15N3O4.C2H6/c1-16-12-8(4-3-5-10(12)21-2)17(14(16)20)9-6-7-11(18)15-13(9)19;1-2/h3-5,9H,6-7H2,1-2H3,(H,15,18,19);1-2H3. The number of aromatic nitrogens is 2. The molecule has 1 fully saturated rings. The van der Waals surface area contributed by atoms with Crippen LogP contribution in [0.25, 0.3) is 11.0 Å². The van der Waals surface area contributed by atoms with Gasteiger partial charge in [0, 0.05) is 13.5 Å². The summed E-state index contributed by atoms with van der Waals surface area (Å²) in [6, 6.07) is 4.62. The van der Waals surface area contributed by atoms with Crippen molar-refractivity contribution < 1.29 is 14.3 Å². The fourth-order valence-electron chi connectivity index (χ4n) is 2.80. The number of nitrogens with zero attached hydrogens (tertiary/aromatic N) is 2. The Morgan fingerprint density at radius 2 is 1.91 bits per heavy atom. The number of amides is 2. The molecule has 1 N–H and O–H groups in total. The minimum atomic E-state index is -0.675. The number of hydrogen-bond acceptors (Lipinski definition) is 4. The number of ether oxygens (including phenoxy) is 1. The van der Waals surface area contributed by atoms with Gasteiger partial charge in [-0.25, -0.2) is 4.79 Å². The number of benzene rings is 1. The third kappa shape index (κ3) is 2.74. The first-order chi connectivity index (χ1) is 11.0. The van der Waals surface area contributed by atoms with Gasteiger partial charge in [-0.1, -0.05) is 19.9 Å². The van der Waals surface area contributed by atoms with Crippen LogP contribution < -0.4 is 15.7 Å². The largest absolute Gasteiger partial charge is 0.494 e. The maximum Gasteiger partial charge on any atom is 0.329 e. The monoisotopic (exact) mass is 319 g/mol. The van der Waals surface area contributed by atoms with Gasteiger partial charge in [0.05, 0.1) is 12.6 Å². The zero-order chi connectivity index (χ0) is 17.1. The van der Waals surface area contributed by atoms with Crippen molar-refractivity contribution in [2.75, 3.05) is 7.11 Å². The molecule has 124 valence electrons. The molecule has 1 aromatic heterocycles. The third-order valence-corrected chi connectivity index (χ3v) is 3.81. The van der Waals surface area contributed by atoms with Gasteiger partial charge < -0.3 is 4.74 Å². The number of rotatable bonds is 2. The van der Waals surface area contributed by atoms with Gasteiger partial charge in [-0.05, 0) is 18.6 Å². The van der Waals surface area contributed by atoms with Crippen LogP contribution in [-0.2, 0) is 16.6 Å². The molecular formula is C16H21N3O4. The van der Waals surface area contributed by atoms with Crippen LogP contribution in [0.4, 0.5) is 0 Å². The third-order valence-electron chi connectivity index (χ3n) is 3.81. The fourth-order valence-corrected chi connectivity index (χ4v) is 2.80. The second kappa shape index (κ2) is 6.68. The molecule has 1 aliphatic rings. The number of imide groups is 1. The van der Waals surface area contributed by atoms with Crippen LogP contribution in [0.3, 0.4) is 0 Å². The van der Waals surface area contributed by atoms with Crippen molar-refractivity contribution in [3.63, 3.8) is 0 Å². The molecule has 2 heterocycles. The van der Waals surface area contributed by atoms with E-state index in [0.717, 1.165) is 0 Å². The van der Waals surface area contributed by atoms with Crippen molar-refractivity contribution in [1.29, 1.82) is 0 Å². The molecule has 0 radical (unpaired) electrons. The lowest BCUT2D eigenvalue weighted by Gasteiger charge is -2.21. The van der Waals surface area contributed by atoms with Gasteiger partial charge in [0.2, 0.25) is 11.8 Å². The minimum absolute atomic E-state index is 0.225. The molecule has 1 saturated heterocycles. The van der Waals surface area contributed by atoms with Crippen molar-refractivity contribution in [2.45, 2.75) is 32.7 Å². The molecule has 0 saturated carbocycles.